The molecule has 0 heterocycles. The van der Waals surface area contributed by atoms with E-state index in [2.05, 4.69) is 0 Å². The molecule has 0 spiro atoms. The molecule has 0 amide bonds. The normalized spacial score (nSPS) is 9.40. The molecule has 0 unspecified atom stereocenters. The summed E-state index contributed by atoms with van der Waals surface area (Å²) in [6.45, 7) is 1.01. The molecule has 0 saturated heterocycles. The fraction of sp³-hybridized carbons (Fsp3) is 0.111. The lowest BCUT2D eigenvalue weighted by Gasteiger charge is -2.01. The molecule has 15 heavy (non-hydrogen) atoms. The second kappa shape index (κ2) is 3.84. The van der Waals surface area contributed by atoms with Crippen molar-refractivity contribution < 1.29 is 14.1 Å². The van der Waals surface area contributed by atoms with E-state index in [-0.39, 0.29) is 5.56 Å². The maximum Gasteiger partial charge on any atom is 0.300 e. The Hall–Kier alpha value is -2.29. The summed E-state index contributed by atoms with van der Waals surface area (Å²) in [6.07, 6.45) is 0. The van der Waals surface area contributed by atoms with Gasteiger partial charge in [-0.15, -0.1) is 0 Å². The molecule has 6 heteroatoms. The van der Waals surface area contributed by atoms with Crippen LogP contribution in [0.15, 0.2) is 12.1 Å². The molecule has 0 aromatic heterocycles. The molecular formula is C9H5FN2O3. The average molecular weight is 208 g/mol. The largest absolute Gasteiger partial charge is 0.300 e. The van der Waals surface area contributed by atoms with Crippen molar-refractivity contribution in [3.63, 3.8) is 0 Å². The van der Waals surface area contributed by atoms with Gasteiger partial charge in [0.15, 0.2) is 5.78 Å². The van der Waals surface area contributed by atoms with Gasteiger partial charge in [0.1, 0.15) is 23.0 Å². The minimum atomic E-state index is -0.992. The minimum absolute atomic E-state index is 0.327. The number of nitro groups is 1. The lowest BCUT2D eigenvalue weighted by molar-refractivity contribution is -0.385. The molecular weight excluding hydrogens is 203 g/mol. The molecule has 0 radical (unpaired) electrons. The van der Waals surface area contributed by atoms with Gasteiger partial charge in [-0.25, -0.2) is 4.39 Å². The molecule has 1 aromatic carbocycles. The van der Waals surface area contributed by atoms with E-state index in [0.29, 0.717) is 0 Å². The fourth-order valence-electron chi connectivity index (χ4n) is 1.18. The van der Waals surface area contributed by atoms with Gasteiger partial charge >= 0.3 is 5.69 Å². The summed E-state index contributed by atoms with van der Waals surface area (Å²) < 4.78 is 13.1. The Morgan fingerprint density at radius 2 is 2.20 bits per heavy atom. The van der Waals surface area contributed by atoms with Gasteiger partial charge in [0.25, 0.3) is 0 Å². The number of hydrogen-bond acceptors (Lipinski definition) is 4. The SMILES string of the molecule is CC(=O)c1c(F)ccc(C#N)c1[N+](=O)[O-]. The second-order valence-electron chi connectivity index (χ2n) is 2.74. The number of halogens is 1. The van der Waals surface area contributed by atoms with E-state index in [9.17, 15) is 19.3 Å². The Labute approximate surface area is 83.9 Å². The van der Waals surface area contributed by atoms with E-state index >= 15 is 0 Å². The number of hydrogen-bond donors (Lipinski definition) is 0. The number of nitro benzene ring substituents is 1. The van der Waals surface area contributed by atoms with Gasteiger partial charge in [0.05, 0.1) is 4.92 Å². The van der Waals surface area contributed by atoms with Crippen LogP contribution in [0.25, 0.3) is 0 Å². The highest BCUT2D eigenvalue weighted by Crippen LogP contribution is 2.26. The van der Waals surface area contributed by atoms with Crippen molar-refractivity contribution in [2.75, 3.05) is 0 Å². The number of rotatable bonds is 2. The van der Waals surface area contributed by atoms with Gasteiger partial charge in [0.2, 0.25) is 0 Å². The summed E-state index contributed by atoms with van der Waals surface area (Å²) in [5.74, 6) is -1.77. The molecule has 1 aromatic rings. The van der Waals surface area contributed by atoms with Crippen molar-refractivity contribution >= 4 is 11.5 Å². The third-order valence-electron chi connectivity index (χ3n) is 1.78. The monoisotopic (exact) mass is 208 g/mol. The molecule has 0 aliphatic rings. The fourth-order valence-corrected chi connectivity index (χ4v) is 1.18. The highest BCUT2D eigenvalue weighted by atomic mass is 19.1. The van der Waals surface area contributed by atoms with Gasteiger partial charge in [-0.2, -0.15) is 5.26 Å². The lowest BCUT2D eigenvalue weighted by Crippen LogP contribution is -2.05. The third-order valence-corrected chi connectivity index (χ3v) is 1.78. The third kappa shape index (κ3) is 1.81. The summed E-state index contributed by atoms with van der Waals surface area (Å²) in [5.41, 5.74) is -1.75. The van der Waals surface area contributed by atoms with Crippen LogP contribution in [0.4, 0.5) is 10.1 Å². The lowest BCUT2D eigenvalue weighted by atomic mass is 10.0. The first-order chi connectivity index (χ1) is 6.99. The van der Waals surface area contributed by atoms with Crippen molar-refractivity contribution in [2.45, 2.75) is 6.92 Å². The Bertz CT molecular complexity index is 491. The van der Waals surface area contributed by atoms with Crippen LogP contribution < -0.4 is 0 Å². The average Bonchev–Trinajstić information content (AvgIpc) is 2.16. The summed E-state index contributed by atoms with van der Waals surface area (Å²) in [7, 11) is 0. The number of nitriles is 1. The van der Waals surface area contributed by atoms with Crippen LogP contribution in [0.1, 0.15) is 22.8 Å². The molecule has 0 N–H and O–H groups in total. The molecule has 76 valence electrons. The zero-order valence-corrected chi connectivity index (χ0v) is 7.65. The zero-order chi connectivity index (χ0) is 11.6. The second-order valence-corrected chi connectivity index (χ2v) is 2.74. The van der Waals surface area contributed by atoms with E-state index in [4.69, 9.17) is 5.26 Å². The first-order valence-corrected chi connectivity index (χ1v) is 3.87. The molecule has 0 saturated carbocycles. The van der Waals surface area contributed by atoms with Gasteiger partial charge < -0.3 is 0 Å². The quantitative estimate of drug-likeness (QED) is 0.421. The Morgan fingerprint density at radius 1 is 1.60 bits per heavy atom. The minimum Gasteiger partial charge on any atom is -0.294 e. The summed E-state index contributed by atoms with van der Waals surface area (Å²) in [4.78, 5) is 20.7. The van der Waals surface area contributed by atoms with E-state index in [1.54, 1.807) is 0 Å². The van der Waals surface area contributed by atoms with E-state index in [1.165, 1.54) is 6.07 Å². The van der Waals surface area contributed by atoms with Gasteiger partial charge in [-0.3, -0.25) is 14.9 Å². The number of Topliss-reactive ketones (excluding diaryl/α,β-unsaturated/α-hetero) is 1. The molecule has 0 bridgehead atoms. The van der Waals surface area contributed by atoms with E-state index in [0.717, 1.165) is 19.1 Å². The summed E-state index contributed by atoms with van der Waals surface area (Å²) >= 11 is 0. The molecule has 0 aliphatic heterocycles. The maximum absolute atomic E-state index is 13.1. The number of nitrogens with zero attached hydrogens (tertiary/aromatic N) is 2. The van der Waals surface area contributed by atoms with Crippen molar-refractivity contribution in [1.29, 1.82) is 5.26 Å². The van der Waals surface area contributed by atoms with E-state index in [1.807, 2.05) is 0 Å². The predicted molar refractivity (Wildman–Crippen MR) is 47.8 cm³/mol. The van der Waals surface area contributed by atoms with Crippen LogP contribution in [0, 0.1) is 27.3 Å². The maximum atomic E-state index is 13.1. The van der Waals surface area contributed by atoms with Gasteiger partial charge in [-0.1, -0.05) is 0 Å². The molecule has 0 atom stereocenters. The molecule has 1 rings (SSSR count). The number of ketones is 1. The highest BCUT2D eigenvalue weighted by molar-refractivity contribution is 5.99. The number of benzene rings is 1. The number of carbonyl (C=O) groups excluding carboxylic acids is 1. The van der Waals surface area contributed by atoms with Crippen LogP contribution >= 0.6 is 0 Å². The Morgan fingerprint density at radius 3 is 2.60 bits per heavy atom. The van der Waals surface area contributed by atoms with Crippen LogP contribution in [0.3, 0.4) is 0 Å². The van der Waals surface area contributed by atoms with Crippen molar-refractivity contribution in [1.82, 2.24) is 0 Å². The van der Waals surface area contributed by atoms with Gasteiger partial charge in [-0.05, 0) is 19.1 Å². The van der Waals surface area contributed by atoms with Crippen LogP contribution in [0.5, 0.6) is 0 Å². The van der Waals surface area contributed by atoms with Crippen molar-refractivity contribution in [3.8, 4) is 6.07 Å². The van der Waals surface area contributed by atoms with Crippen LogP contribution in [-0.4, -0.2) is 10.7 Å². The predicted octanol–water partition coefficient (Wildman–Crippen LogP) is 1.81. The topological polar surface area (TPSA) is 84.0 Å². The molecule has 0 aliphatic carbocycles. The number of carbonyl (C=O) groups is 1. The molecule has 0 fully saturated rings. The van der Waals surface area contributed by atoms with Gasteiger partial charge in [0, 0.05) is 0 Å². The summed E-state index contributed by atoms with van der Waals surface area (Å²) in [6, 6.07) is 3.37. The smallest absolute Gasteiger partial charge is 0.294 e. The Balaban J connectivity index is 3.68. The van der Waals surface area contributed by atoms with Crippen LogP contribution in [0.2, 0.25) is 0 Å². The highest BCUT2D eigenvalue weighted by Gasteiger charge is 2.26. The zero-order valence-electron chi connectivity index (χ0n) is 7.65. The van der Waals surface area contributed by atoms with Crippen LogP contribution in [-0.2, 0) is 0 Å². The van der Waals surface area contributed by atoms with E-state index < -0.39 is 27.8 Å². The summed E-state index contributed by atoms with van der Waals surface area (Å²) in [5, 5.41) is 19.2. The Kier molecular flexibility index (Phi) is 2.76. The van der Waals surface area contributed by atoms with Crippen molar-refractivity contribution in [2.24, 2.45) is 0 Å². The van der Waals surface area contributed by atoms with Crippen molar-refractivity contribution in [3.05, 3.63) is 39.2 Å². The first-order valence-electron chi connectivity index (χ1n) is 3.87. The molecule has 5 nitrogen and oxygen atoms in total. The first kappa shape index (κ1) is 10.8. The standard InChI is InChI=1S/C9H5FN2O3/c1-5(13)8-7(10)3-2-6(4-11)9(8)12(14)15/h2-3H,1H3.